The van der Waals surface area contributed by atoms with E-state index in [1.165, 1.54) is 19.3 Å². The molecule has 6 nitrogen and oxygen atoms in total. The lowest BCUT2D eigenvalue weighted by molar-refractivity contribution is -0.0166. The predicted octanol–water partition coefficient (Wildman–Crippen LogP) is 3.49. The van der Waals surface area contributed by atoms with E-state index in [-0.39, 0.29) is 11.4 Å². The third-order valence-corrected chi connectivity index (χ3v) is 7.02. The molecule has 6 heteroatoms. The van der Waals surface area contributed by atoms with Crippen molar-refractivity contribution in [2.75, 3.05) is 0 Å². The van der Waals surface area contributed by atoms with E-state index in [4.69, 9.17) is 0 Å². The normalized spacial score (nSPS) is 30.6. The van der Waals surface area contributed by atoms with Crippen molar-refractivity contribution in [3.8, 4) is 11.3 Å². The number of hydrogen-bond acceptors (Lipinski definition) is 4. The van der Waals surface area contributed by atoms with Gasteiger partial charge in [-0.3, -0.25) is 9.78 Å². The molecule has 4 fully saturated rings. The Labute approximate surface area is 163 Å². The van der Waals surface area contributed by atoms with Gasteiger partial charge in [-0.05, 0) is 74.5 Å². The first kappa shape index (κ1) is 16.2. The van der Waals surface area contributed by atoms with Crippen LogP contribution in [-0.4, -0.2) is 31.0 Å². The highest BCUT2D eigenvalue weighted by atomic mass is 16.1. The fourth-order valence-electron chi connectivity index (χ4n) is 6.36. The number of hydrogen-bond donors (Lipinski definition) is 1. The van der Waals surface area contributed by atoms with Crippen LogP contribution in [0.3, 0.4) is 0 Å². The highest BCUT2D eigenvalue weighted by Crippen LogP contribution is 2.55. The lowest BCUT2D eigenvalue weighted by Gasteiger charge is -2.56. The van der Waals surface area contributed by atoms with Crippen LogP contribution in [-0.2, 0) is 0 Å². The van der Waals surface area contributed by atoms with Crippen LogP contribution >= 0.6 is 0 Å². The van der Waals surface area contributed by atoms with Crippen LogP contribution in [0.4, 0.5) is 0 Å². The second-order valence-corrected chi connectivity index (χ2v) is 9.02. The van der Waals surface area contributed by atoms with Crippen LogP contribution in [0.5, 0.6) is 0 Å². The van der Waals surface area contributed by atoms with Gasteiger partial charge in [0.15, 0.2) is 5.65 Å². The van der Waals surface area contributed by atoms with E-state index >= 15 is 0 Å². The monoisotopic (exact) mass is 373 g/mol. The molecule has 0 unspecified atom stereocenters. The summed E-state index contributed by atoms with van der Waals surface area (Å²) in [6, 6.07) is 5.78. The lowest BCUT2D eigenvalue weighted by atomic mass is 9.53. The molecule has 4 aliphatic rings. The SMILES string of the molecule is O=C(NC12CC3CC(CC(C3)C1)C2)c1cnn2c(-c3cccnc3)ccnc12. The zero-order valence-electron chi connectivity index (χ0n) is 15.7. The molecule has 0 radical (unpaired) electrons. The molecule has 4 bridgehead atoms. The Kier molecular flexibility index (Phi) is 3.40. The van der Waals surface area contributed by atoms with E-state index in [0.717, 1.165) is 48.3 Å². The second kappa shape index (κ2) is 5.87. The number of carbonyl (C=O) groups excluding carboxylic acids is 1. The Hall–Kier alpha value is -2.76. The van der Waals surface area contributed by atoms with Crippen molar-refractivity contribution < 1.29 is 4.79 Å². The first-order valence-corrected chi connectivity index (χ1v) is 10.2. The van der Waals surface area contributed by atoms with Crippen molar-refractivity contribution in [2.24, 2.45) is 17.8 Å². The van der Waals surface area contributed by atoms with E-state index in [2.05, 4.69) is 20.4 Å². The summed E-state index contributed by atoms with van der Waals surface area (Å²) < 4.78 is 1.74. The van der Waals surface area contributed by atoms with Crippen LogP contribution in [0.25, 0.3) is 16.9 Å². The fourth-order valence-corrected chi connectivity index (χ4v) is 6.36. The maximum atomic E-state index is 13.2. The van der Waals surface area contributed by atoms with Crippen molar-refractivity contribution in [1.29, 1.82) is 0 Å². The van der Waals surface area contributed by atoms with Crippen molar-refractivity contribution in [2.45, 2.75) is 44.1 Å². The maximum absolute atomic E-state index is 13.2. The second-order valence-electron chi connectivity index (χ2n) is 9.02. The topological polar surface area (TPSA) is 72.2 Å². The Morgan fingerprint density at radius 2 is 1.79 bits per heavy atom. The van der Waals surface area contributed by atoms with Gasteiger partial charge in [0.2, 0.25) is 0 Å². The molecule has 3 aromatic rings. The summed E-state index contributed by atoms with van der Waals surface area (Å²) in [5.74, 6) is 2.36. The van der Waals surface area contributed by atoms with Gasteiger partial charge in [-0.1, -0.05) is 0 Å². The summed E-state index contributed by atoms with van der Waals surface area (Å²) in [4.78, 5) is 21.9. The van der Waals surface area contributed by atoms with Crippen LogP contribution in [0.1, 0.15) is 48.9 Å². The molecular formula is C22H23N5O. The smallest absolute Gasteiger partial charge is 0.257 e. The van der Waals surface area contributed by atoms with Gasteiger partial charge >= 0.3 is 0 Å². The molecular weight excluding hydrogens is 350 g/mol. The minimum Gasteiger partial charge on any atom is -0.346 e. The fraction of sp³-hybridized carbons (Fsp3) is 0.455. The predicted molar refractivity (Wildman–Crippen MR) is 105 cm³/mol. The molecule has 0 saturated heterocycles. The number of nitrogens with zero attached hydrogens (tertiary/aromatic N) is 4. The standard InChI is InChI=1S/C22H23N5O/c28-21(26-22-9-14-6-15(10-22)8-16(7-14)11-22)18-13-25-27-19(3-5-24-20(18)27)17-2-1-4-23-12-17/h1-5,12-16H,6-11H2,(H,26,28). The zero-order valence-corrected chi connectivity index (χ0v) is 15.7. The minimum absolute atomic E-state index is 0.0128. The molecule has 3 aromatic heterocycles. The summed E-state index contributed by atoms with van der Waals surface area (Å²) in [6.07, 6.45) is 14.4. The number of pyridine rings is 1. The van der Waals surface area contributed by atoms with E-state index in [0.29, 0.717) is 11.2 Å². The van der Waals surface area contributed by atoms with Crippen LogP contribution in [0, 0.1) is 17.8 Å². The average molecular weight is 373 g/mol. The largest absolute Gasteiger partial charge is 0.346 e. The maximum Gasteiger partial charge on any atom is 0.257 e. The highest BCUT2D eigenvalue weighted by molar-refractivity contribution is 6.00. The average Bonchev–Trinajstić information content (AvgIpc) is 3.11. The zero-order chi connectivity index (χ0) is 18.7. The number of amides is 1. The lowest BCUT2D eigenvalue weighted by Crippen LogP contribution is -2.59. The van der Waals surface area contributed by atoms with Gasteiger partial charge in [-0.25, -0.2) is 9.50 Å². The molecule has 1 amide bonds. The summed E-state index contributed by atoms with van der Waals surface area (Å²) in [5, 5.41) is 7.91. The van der Waals surface area contributed by atoms with Gasteiger partial charge in [0, 0.05) is 29.7 Å². The molecule has 28 heavy (non-hydrogen) atoms. The molecule has 0 aromatic carbocycles. The number of rotatable bonds is 3. The number of aromatic nitrogens is 4. The van der Waals surface area contributed by atoms with Gasteiger partial charge in [-0.2, -0.15) is 5.10 Å². The molecule has 4 saturated carbocycles. The van der Waals surface area contributed by atoms with Crippen LogP contribution in [0.2, 0.25) is 0 Å². The summed E-state index contributed by atoms with van der Waals surface area (Å²) in [6.45, 7) is 0. The van der Waals surface area contributed by atoms with E-state index in [1.54, 1.807) is 29.3 Å². The van der Waals surface area contributed by atoms with Gasteiger partial charge < -0.3 is 5.32 Å². The van der Waals surface area contributed by atoms with Gasteiger partial charge in [0.25, 0.3) is 5.91 Å². The van der Waals surface area contributed by atoms with Crippen molar-refractivity contribution >= 4 is 11.6 Å². The highest BCUT2D eigenvalue weighted by Gasteiger charge is 2.51. The van der Waals surface area contributed by atoms with Crippen molar-refractivity contribution in [3.63, 3.8) is 0 Å². The van der Waals surface area contributed by atoms with Crippen LogP contribution in [0.15, 0.2) is 43.0 Å². The summed E-state index contributed by atoms with van der Waals surface area (Å²) >= 11 is 0. The van der Waals surface area contributed by atoms with Crippen molar-refractivity contribution in [1.82, 2.24) is 24.9 Å². The van der Waals surface area contributed by atoms with Gasteiger partial charge in [-0.15, -0.1) is 0 Å². The van der Waals surface area contributed by atoms with Crippen LogP contribution < -0.4 is 5.32 Å². The summed E-state index contributed by atoms with van der Waals surface area (Å²) in [5.41, 5.74) is 2.98. The molecule has 1 N–H and O–H groups in total. The molecule has 0 atom stereocenters. The first-order chi connectivity index (χ1) is 13.7. The summed E-state index contributed by atoms with van der Waals surface area (Å²) in [7, 11) is 0. The Morgan fingerprint density at radius 1 is 1.04 bits per heavy atom. The Morgan fingerprint density at radius 3 is 2.46 bits per heavy atom. The Bertz CT molecular complexity index is 1020. The third-order valence-electron chi connectivity index (χ3n) is 7.02. The minimum atomic E-state index is -0.0345. The van der Waals surface area contributed by atoms with E-state index in [9.17, 15) is 4.79 Å². The molecule has 142 valence electrons. The van der Waals surface area contributed by atoms with E-state index in [1.807, 2.05) is 18.2 Å². The molecule has 7 rings (SSSR count). The van der Waals surface area contributed by atoms with E-state index < -0.39 is 0 Å². The third kappa shape index (κ3) is 2.47. The van der Waals surface area contributed by atoms with Gasteiger partial charge in [0.1, 0.15) is 5.56 Å². The van der Waals surface area contributed by atoms with Crippen molar-refractivity contribution in [3.05, 3.63) is 48.5 Å². The quantitative estimate of drug-likeness (QED) is 0.763. The Balaban J connectivity index is 1.34. The molecule has 4 aliphatic carbocycles. The number of carbonyl (C=O) groups is 1. The molecule has 0 aliphatic heterocycles. The first-order valence-electron chi connectivity index (χ1n) is 10.2. The van der Waals surface area contributed by atoms with Gasteiger partial charge in [0.05, 0.1) is 11.9 Å². The molecule has 3 heterocycles. The molecule has 0 spiro atoms. The number of fused-ring (bicyclic) bond motifs is 1. The number of nitrogens with one attached hydrogen (secondary N) is 1.